The number of rotatable bonds is 6. The van der Waals surface area contributed by atoms with Crippen molar-refractivity contribution in [3.63, 3.8) is 0 Å². The van der Waals surface area contributed by atoms with Gasteiger partial charge in [0.25, 0.3) is 0 Å². The first-order chi connectivity index (χ1) is 9.33. The molecule has 2 N–H and O–H groups in total. The van der Waals surface area contributed by atoms with Gasteiger partial charge in [-0.25, -0.2) is 4.98 Å². The Morgan fingerprint density at radius 2 is 2.32 bits per heavy atom. The normalized spacial score (nSPS) is 14.5. The van der Waals surface area contributed by atoms with Crippen molar-refractivity contribution in [1.29, 1.82) is 0 Å². The van der Waals surface area contributed by atoms with Crippen molar-refractivity contribution in [2.24, 2.45) is 0 Å². The van der Waals surface area contributed by atoms with Crippen molar-refractivity contribution in [1.82, 2.24) is 14.7 Å². The molecule has 100 valence electrons. The Balaban J connectivity index is 1.46. The molecule has 1 saturated carbocycles. The maximum atomic E-state index is 11.5. The molecule has 0 aliphatic heterocycles. The van der Waals surface area contributed by atoms with Gasteiger partial charge in [0.05, 0.1) is 0 Å². The number of hydrogen-bond acceptors (Lipinski definition) is 3. The molecule has 0 spiro atoms. The van der Waals surface area contributed by atoms with Crippen LogP contribution >= 0.6 is 0 Å². The maximum absolute atomic E-state index is 11.5. The Kier molecular flexibility index (Phi) is 3.35. The summed E-state index contributed by atoms with van der Waals surface area (Å²) < 4.78 is 2.00. The van der Waals surface area contributed by atoms with Gasteiger partial charge in [-0.1, -0.05) is 6.07 Å². The van der Waals surface area contributed by atoms with Crippen LogP contribution in [0.25, 0.3) is 5.65 Å². The van der Waals surface area contributed by atoms with Crippen LogP contribution in [0.4, 0.5) is 5.82 Å². The third kappa shape index (κ3) is 3.05. The third-order valence-corrected chi connectivity index (χ3v) is 3.26. The average Bonchev–Trinajstić information content (AvgIpc) is 3.07. The van der Waals surface area contributed by atoms with Gasteiger partial charge in [-0.05, 0) is 31.4 Å². The van der Waals surface area contributed by atoms with Gasteiger partial charge in [0.2, 0.25) is 5.91 Å². The minimum absolute atomic E-state index is 0.171. The van der Waals surface area contributed by atoms with Crippen molar-refractivity contribution in [3.05, 3.63) is 30.6 Å². The molecule has 0 radical (unpaired) electrons. The molecule has 5 heteroatoms. The summed E-state index contributed by atoms with van der Waals surface area (Å²) in [5.41, 5.74) is 0.927. The van der Waals surface area contributed by atoms with E-state index in [9.17, 15) is 4.79 Å². The fourth-order valence-electron chi connectivity index (χ4n) is 2.08. The summed E-state index contributed by atoms with van der Waals surface area (Å²) in [6.07, 6.45) is 7.42. The molecule has 3 rings (SSSR count). The second kappa shape index (κ2) is 5.30. The van der Waals surface area contributed by atoms with E-state index in [1.54, 1.807) is 6.20 Å². The highest BCUT2D eigenvalue weighted by Gasteiger charge is 2.22. The summed E-state index contributed by atoms with van der Waals surface area (Å²) in [6.45, 7) is 0.787. The summed E-state index contributed by atoms with van der Waals surface area (Å²) in [5, 5.41) is 6.34. The molecule has 0 atom stereocenters. The Bertz CT molecular complexity index is 574. The quantitative estimate of drug-likeness (QED) is 0.777. The number of hydrogen-bond donors (Lipinski definition) is 2. The van der Waals surface area contributed by atoms with Crippen molar-refractivity contribution >= 4 is 17.4 Å². The van der Waals surface area contributed by atoms with Crippen LogP contribution in [0.5, 0.6) is 0 Å². The minimum atomic E-state index is 0.171. The fraction of sp³-hybridized carbons (Fsp3) is 0.429. The maximum Gasteiger partial charge on any atom is 0.220 e. The minimum Gasteiger partial charge on any atom is -0.371 e. The fourth-order valence-corrected chi connectivity index (χ4v) is 2.08. The van der Waals surface area contributed by atoms with Crippen molar-refractivity contribution < 1.29 is 4.79 Å². The number of nitrogens with one attached hydrogen (secondary N) is 2. The first-order valence-corrected chi connectivity index (χ1v) is 6.78. The zero-order valence-electron chi connectivity index (χ0n) is 10.8. The predicted octanol–water partition coefficient (Wildman–Crippen LogP) is 1.80. The first kappa shape index (κ1) is 12.0. The van der Waals surface area contributed by atoms with E-state index < -0.39 is 0 Å². The standard InChI is InChI=1S/C14H18N4O/c19-14(17-11-6-7-11)5-2-8-15-12-3-1-4-13-16-9-10-18(12)13/h1,3-4,9-11,15H,2,5-8H2,(H,17,19). The number of carbonyl (C=O) groups is 1. The second-order valence-corrected chi connectivity index (χ2v) is 4.94. The molecule has 1 amide bonds. The molecule has 5 nitrogen and oxygen atoms in total. The highest BCUT2D eigenvalue weighted by molar-refractivity contribution is 5.76. The summed E-state index contributed by atoms with van der Waals surface area (Å²) in [4.78, 5) is 15.8. The molecular weight excluding hydrogens is 240 g/mol. The highest BCUT2D eigenvalue weighted by atomic mass is 16.1. The zero-order valence-corrected chi connectivity index (χ0v) is 10.8. The van der Waals surface area contributed by atoms with E-state index in [0.29, 0.717) is 12.5 Å². The van der Waals surface area contributed by atoms with Crippen LogP contribution in [-0.4, -0.2) is 27.9 Å². The van der Waals surface area contributed by atoms with E-state index in [1.165, 1.54) is 0 Å². The van der Waals surface area contributed by atoms with Gasteiger partial charge in [-0.2, -0.15) is 0 Å². The molecular formula is C14H18N4O. The molecule has 2 aromatic heterocycles. The average molecular weight is 258 g/mol. The molecule has 19 heavy (non-hydrogen) atoms. The topological polar surface area (TPSA) is 58.4 Å². The zero-order chi connectivity index (χ0) is 13.1. The molecule has 0 aromatic carbocycles. The lowest BCUT2D eigenvalue weighted by atomic mass is 10.3. The number of aromatic nitrogens is 2. The van der Waals surface area contributed by atoms with Crippen LogP contribution in [0, 0.1) is 0 Å². The van der Waals surface area contributed by atoms with Crippen LogP contribution in [-0.2, 0) is 4.79 Å². The molecule has 1 aliphatic carbocycles. The number of amides is 1. The number of pyridine rings is 1. The van der Waals surface area contributed by atoms with Crippen molar-refractivity contribution in [2.75, 3.05) is 11.9 Å². The Hall–Kier alpha value is -2.04. The lowest BCUT2D eigenvalue weighted by Crippen LogP contribution is -2.25. The molecule has 0 bridgehead atoms. The van der Waals surface area contributed by atoms with Gasteiger partial charge >= 0.3 is 0 Å². The van der Waals surface area contributed by atoms with Crippen molar-refractivity contribution in [2.45, 2.75) is 31.7 Å². The Morgan fingerprint density at radius 3 is 3.16 bits per heavy atom. The Labute approximate surface area is 112 Å². The molecule has 0 unspecified atom stereocenters. The smallest absolute Gasteiger partial charge is 0.220 e. The van der Waals surface area contributed by atoms with Gasteiger partial charge in [0, 0.05) is 31.4 Å². The summed E-state index contributed by atoms with van der Waals surface area (Å²) in [6, 6.07) is 6.41. The largest absolute Gasteiger partial charge is 0.371 e. The number of nitrogens with zero attached hydrogens (tertiary/aromatic N) is 2. The lowest BCUT2D eigenvalue weighted by molar-refractivity contribution is -0.121. The van der Waals surface area contributed by atoms with E-state index in [4.69, 9.17) is 0 Å². The number of imidazole rings is 1. The van der Waals surface area contributed by atoms with Crippen LogP contribution < -0.4 is 10.6 Å². The van der Waals surface area contributed by atoms with E-state index in [-0.39, 0.29) is 5.91 Å². The van der Waals surface area contributed by atoms with Gasteiger partial charge in [0.15, 0.2) is 0 Å². The second-order valence-electron chi connectivity index (χ2n) is 4.94. The first-order valence-electron chi connectivity index (χ1n) is 6.78. The summed E-state index contributed by atoms with van der Waals surface area (Å²) in [5.74, 6) is 1.18. The van der Waals surface area contributed by atoms with Crippen LogP contribution in [0.2, 0.25) is 0 Å². The van der Waals surface area contributed by atoms with Crippen LogP contribution in [0.15, 0.2) is 30.6 Å². The van der Waals surface area contributed by atoms with Crippen molar-refractivity contribution in [3.8, 4) is 0 Å². The highest BCUT2D eigenvalue weighted by Crippen LogP contribution is 2.18. The van der Waals surface area contributed by atoms with E-state index in [0.717, 1.165) is 37.3 Å². The van der Waals surface area contributed by atoms with E-state index in [1.807, 2.05) is 28.8 Å². The van der Waals surface area contributed by atoms with Crippen LogP contribution in [0.1, 0.15) is 25.7 Å². The molecule has 1 aliphatic rings. The Morgan fingerprint density at radius 1 is 1.42 bits per heavy atom. The van der Waals surface area contributed by atoms with E-state index in [2.05, 4.69) is 15.6 Å². The summed E-state index contributed by atoms with van der Waals surface area (Å²) in [7, 11) is 0. The monoisotopic (exact) mass is 258 g/mol. The number of fused-ring (bicyclic) bond motifs is 1. The molecule has 1 fully saturated rings. The van der Waals surface area contributed by atoms with Gasteiger partial charge in [-0.15, -0.1) is 0 Å². The van der Waals surface area contributed by atoms with Gasteiger partial charge in [-0.3, -0.25) is 9.20 Å². The van der Waals surface area contributed by atoms with Crippen LogP contribution in [0.3, 0.4) is 0 Å². The lowest BCUT2D eigenvalue weighted by Gasteiger charge is -2.08. The predicted molar refractivity (Wildman–Crippen MR) is 74.1 cm³/mol. The SMILES string of the molecule is O=C(CCCNc1cccc2nccn12)NC1CC1. The third-order valence-electron chi connectivity index (χ3n) is 3.26. The molecule has 0 saturated heterocycles. The van der Waals surface area contributed by atoms with Gasteiger partial charge in [0.1, 0.15) is 11.5 Å². The molecule has 2 aromatic rings. The van der Waals surface area contributed by atoms with E-state index >= 15 is 0 Å². The number of anilines is 1. The molecule has 2 heterocycles. The van der Waals surface area contributed by atoms with Gasteiger partial charge < -0.3 is 10.6 Å². The summed E-state index contributed by atoms with van der Waals surface area (Å²) >= 11 is 0. The number of carbonyl (C=O) groups excluding carboxylic acids is 1.